The van der Waals surface area contributed by atoms with E-state index in [1.165, 1.54) is 37.9 Å². The van der Waals surface area contributed by atoms with E-state index in [0.717, 1.165) is 15.6 Å². The average Bonchev–Trinajstić information content (AvgIpc) is 2.91. The third kappa shape index (κ3) is 2.65. The molecule has 0 fully saturated rings. The number of anilines is 1. The van der Waals surface area contributed by atoms with Crippen molar-refractivity contribution in [3.8, 4) is 5.75 Å². The van der Waals surface area contributed by atoms with Crippen molar-refractivity contribution < 1.29 is 13.2 Å². The average molecular weight is 320 g/mol. The number of methoxy groups -OCH3 is 1. The molecule has 0 aliphatic heterocycles. The summed E-state index contributed by atoms with van der Waals surface area (Å²) in [5, 5.41) is 7.85. The smallest absolute Gasteiger partial charge is 0.265 e. The quantitative estimate of drug-likeness (QED) is 0.862. The summed E-state index contributed by atoms with van der Waals surface area (Å²) in [6.45, 7) is 0. The first-order valence-corrected chi connectivity index (χ1v) is 7.75. The highest BCUT2D eigenvalue weighted by Gasteiger charge is 2.24. The van der Waals surface area contributed by atoms with Crippen molar-refractivity contribution in [3.63, 3.8) is 0 Å². The Morgan fingerprint density at radius 1 is 1.42 bits per heavy atom. The highest BCUT2D eigenvalue weighted by Crippen LogP contribution is 2.29. The minimum atomic E-state index is -3.71. The van der Waals surface area contributed by atoms with Crippen molar-refractivity contribution in [1.82, 2.24) is 10.2 Å². The van der Waals surface area contributed by atoms with Crippen molar-refractivity contribution in [2.75, 3.05) is 18.5 Å². The summed E-state index contributed by atoms with van der Waals surface area (Å²) in [4.78, 5) is 0.0657. The number of nitrogens with zero attached hydrogens (tertiary/aromatic N) is 3. The number of ether oxygens (including phenoxy) is 1. The minimum Gasteiger partial charge on any atom is -0.495 e. The van der Waals surface area contributed by atoms with E-state index in [9.17, 15) is 8.42 Å². The minimum absolute atomic E-state index is 0.0657. The maximum absolute atomic E-state index is 12.3. The molecule has 9 heteroatoms. The molecule has 0 aliphatic rings. The van der Waals surface area contributed by atoms with Crippen molar-refractivity contribution in [2.45, 2.75) is 4.90 Å². The first kappa shape index (κ1) is 14.0. The third-order valence-electron chi connectivity index (χ3n) is 2.40. The van der Waals surface area contributed by atoms with Crippen molar-refractivity contribution in [1.29, 1.82) is 0 Å². The lowest BCUT2D eigenvalue weighted by atomic mass is 10.3. The van der Waals surface area contributed by atoms with E-state index in [4.69, 9.17) is 16.3 Å². The van der Waals surface area contributed by atoms with Crippen LogP contribution in [-0.2, 0) is 10.0 Å². The number of aromatic nitrogens is 2. The maximum atomic E-state index is 12.3. The van der Waals surface area contributed by atoms with Crippen LogP contribution < -0.4 is 9.04 Å². The van der Waals surface area contributed by atoms with Gasteiger partial charge in [-0.3, -0.25) is 0 Å². The lowest BCUT2D eigenvalue weighted by molar-refractivity contribution is 0.414. The highest BCUT2D eigenvalue weighted by molar-refractivity contribution is 7.93. The molecule has 1 heterocycles. The van der Waals surface area contributed by atoms with Gasteiger partial charge in [-0.2, -0.15) is 0 Å². The highest BCUT2D eigenvalue weighted by atomic mass is 35.5. The van der Waals surface area contributed by atoms with E-state index in [2.05, 4.69) is 10.2 Å². The number of sulfonamides is 1. The molecule has 0 amide bonds. The molecule has 0 radical (unpaired) electrons. The largest absolute Gasteiger partial charge is 0.495 e. The van der Waals surface area contributed by atoms with Crippen molar-refractivity contribution in [2.24, 2.45) is 0 Å². The topological polar surface area (TPSA) is 72.4 Å². The van der Waals surface area contributed by atoms with Gasteiger partial charge in [-0.25, -0.2) is 12.7 Å². The monoisotopic (exact) mass is 319 g/mol. The van der Waals surface area contributed by atoms with E-state index >= 15 is 0 Å². The van der Waals surface area contributed by atoms with Gasteiger partial charge in [0.1, 0.15) is 11.3 Å². The zero-order chi connectivity index (χ0) is 14.0. The summed E-state index contributed by atoms with van der Waals surface area (Å²) in [5.74, 6) is 0.416. The summed E-state index contributed by atoms with van der Waals surface area (Å²) >= 11 is 7.06. The first-order chi connectivity index (χ1) is 8.96. The molecule has 0 unspecified atom stereocenters. The number of halogens is 1. The molecule has 102 valence electrons. The van der Waals surface area contributed by atoms with Gasteiger partial charge in [0.2, 0.25) is 5.13 Å². The fourth-order valence-electron chi connectivity index (χ4n) is 1.37. The Kier molecular flexibility index (Phi) is 3.93. The van der Waals surface area contributed by atoms with Crippen LogP contribution in [0.5, 0.6) is 5.75 Å². The molecule has 0 spiro atoms. The molecule has 0 bridgehead atoms. The normalized spacial score (nSPS) is 11.3. The van der Waals surface area contributed by atoms with Crippen molar-refractivity contribution in [3.05, 3.63) is 28.7 Å². The van der Waals surface area contributed by atoms with E-state index in [1.54, 1.807) is 0 Å². The van der Waals surface area contributed by atoms with Crippen LogP contribution in [0, 0.1) is 0 Å². The summed E-state index contributed by atoms with van der Waals surface area (Å²) in [6, 6.07) is 4.27. The zero-order valence-corrected chi connectivity index (χ0v) is 12.5. The van der Waals surface area contributed by atoms with Crippen LogP contribution in [0.2, 0.25) is 5.02 Å². The van der Waals surface area contributed by atoms with Crippen LogP contribution in [0.15, 0.2) is 28.6 Å². The molecule has 19 heavy (non-hydrogen) atoms. The zero-order valence-electron chi connectivity index (χ0n) is 10.1. The fraction of sp³-hybridized carbons (Fsp3) is 0.200. The lowest BCUT2D eigenvalue weighted by Crippen LogP contribution is -2.26. The maximum Gasteiger partial charge on any atom is 0.265 e. The molecular weight excluding hydrogens is 310 g/mol. The van der Waals surface area contributed by atoms with Crippen LogP contribution in [0.4, 0.5) is 5.13 Å². The summed E-state index contributed by atoms with van der Waals surface area (Å²) in [7, 11) is -0.836. The molecule has 2 aromatic rings. The molecule has 0 atom stereocenters. The van der Waals surface area contributed by atoms with Gasteiger partial charge in [-0.1, -0.05) is 22.9 Å². The van der Waals surface area contributed by atoms with Crippen LogP contribution in [-0.4, -0.2) is 32.8 Å². The van der Waals surface area contributed by atoms with E-state index < -0.39 is 10.0 Å². The first-order valence-electron chi connectivity index (χ1n) is 5.05. The molecule has 6 nitrogen and oxygen atoms in total. The predicted molar refractivity (Wildman–Crippen MR) is 73.5 cm³/mol. The Morgan fingerprint density at radius 2 is 2.16 bits per heavy atom. The van der Waals surface area contributed by atoms with E-state index in [1.807, 2.05) is 0 Å². The van der Waals surface area contributed by atoms with Gasteiger partial charge in [0, 0.05) is 7.05 Å². The molecule has 0 aliphatic carbocycles. The Morgan fingerprint density at radius 3 is 2.68 bits per heavy atom. The fourth-order valence-corrected chi connectivity index (χ4v) is 3.62. The molecule has 0 saturated heterocycles. The van der Waals surface area contributed by atoms with Gasteiger partial charge < -0.3 is 4.74 Å². The Hall–Kier alpha value is -1.38. The van der Waals surface area contributed by atoms with Gasteiger partial charge in [-0.05, 0) is 18.2 Å². The van der Waals surface area contributed by atoms with Gasteiger partial charge >= 0.3 is 0 Å². The Balaban J connectivity index is 2.42. The molecule has 0 saturated carbocycles. The second-order valence-corrected chi connectivity index (χ2v) is 6.68. The Bertz CT molecular complexity index is 673. The van der Waals surface area contributed by atoms with Gasteiger partial charge in [-0.15, -0.1) is 10.2 Å². The SMILES string of the molecule is COc1ccc(S(=O)(=O)N(C)c2nncs2)cc1Cl. The van der Waals surface area contributed by atoms with Gasteiger partial charge in [0.25, 0.3) is 10.0 Å². The van der Waals surface area contributed by atoms with E-state index in [0.29, 0.717) is 5.75 Å². The second-order valence-electron chi connectivity index (χ2n) is 3.49. The number of benzene rings is 1. The molecule has 1 aromatic carbocycles. The third-order valence-corrected chi connectivity index (χ3v) is 5.32. The van der Waals surface area contributed by atoms with Crippen LogP contribution in [0.25, 0.3) is 0 Å². The second kappa shape index (κ2) is 5.32. The van der Waals surface area contributed by atoms with Gasteiger partial charge in [0.15, 0.2) is 0 Å². The van der Waals surface area contributed by atoms with Gasteiger partial charge in [0.05, 0.1) is 17.0 Å². The standard InChI is InChI=1S/C10H10ClN3O3S2/c1-14(10-13-12-6-18-10)19(15,16)7-3-4-9(17-2)8(11)5-7/h3-6H,1-2H3. The number of hydrogen-bond acceptors (Lipinski definition) is 6. The van der Waals surface area contributed by atoms with Crippen LogP contribution in [0.1, 0.15) is 0 Å². The lowest BCUT2D eigenvalue weighted by Gasteiger charge is -2.16. The number of hydrogen-bond donors (Lipinski definition) is 0. The molecule has 1 aromatic heterocycles. The van der Waals surface area contributed by atoms with Crippen LogP contribution >= 0.6 is 22.9 Å². The number of rotatable bonds is 4. The predicted octanol–water partition coefficient (Wildman–Crippen LogP) is 2.03. The molecule has 0 N–H and O–H groups in total. The van der Waals surface area contributed by atoms with Crippen molar-refractivity contribution >= 4 is 38.1 Å². The summed E-state index contributed by atoms with van der Waals surface area (Å²) in [5.41, 5.74) is 1.46. The Labute approximate surface area is 119 Å². The molecule has 2 rings (SSSR count). The van der Waals surface area contributed by atoms with E-state index in [-0.39, 0.29) is 15.0 Å². The van der Waals surface area contributed by atoms with Crippen LogP contribution in [0.3, 0.4) is 0 Å². The molecular formula is C10H10ClN3O3S2. The summed E-state index contributed by atoms with van der Waals surface area (Å²) < 4.78 is 30.7. The summed E-state index contributed by atoms with van der Waals surface area (Å²) in [6.07, 6.45) is 0.